The van der Waals surface area contributed by atoms with Crippen LogP contribution in [0.3, 0.4) is 0 Å². The molecule has 1 aliphatic heterocycles. The molecule has 2 N–H and O–H groups in total. The molecule has 1 aromatic rings. The Balaban J connectivity index is 2.13. The zero-order chi connectivity index (χ0) is 10.8. The van der Waals surface area contributed by atoms with Gasteiger partial charge in [-0.2, -0.15) is 5.26 Å². The van der Waals surface area contributed by atoms with Crippen LogP contribution in [0.1, 0.15) is 24.0 Å². The van der Waals surface area contributed by atoms with Crippen molar-refractivity contribution in [3.63, 3.8) is 0 Å². The minimum atomic E-state index is -0.104. The minimum absolute atomic E-state index is 0.0805. The normalized spacial score (nSPS) is 19.1. The Kier molecular flexibility index (Phi) is 2.44. The van der Waals surface area contributed by atoms with Crippen molar-refractivity contribution < 1.29 is 9.21 Å². The van der Waals surface area contributed by atoms with E-state index in [1.165, 1.54) is 6.92 Å². The Morgan fingerprint density at radius 1 is 1.80 bits per heavy atom. The van der Waals surface area contributed by atoms with Crippen LogP contribution in [-0.4, -0.2) is 12.1 Å². The first kappa shape index (κ1) is 9.74. The molecule has 0 saturated heterocycles. The summed E-state index contributed by atoms with van der Waals surface area (Å²) in [4.78, 5) is 10.9. The highest BCUT2D eigenvalue weighted by molar-refractivity contribution is 5.73. The first-order chi connectivity index (χ1) is 7.19. The Morgan fingerprint density at radius 3 is 3.27 bits per heavy atom. The van der Waals surface area contributed by atoms with Gasteiger partial charge in [-0.25, -0.2) is 0 Å². The van der Waals surface area contributed by atoms with Gasteiger partial charge in [0.1, 0.15) is 11.8 Å². The van der Waals surface area contributed by atoms with Crippen LogP contribution < -0.4 is 10.6 Å². The predicted octanol–water partition coefficient (Wildman–Crippen LogP) is 0.259. The molecule has 1 amide bonds. The Hall–Kier alpha value is -1.80. The molecule has 1 unspecified atom stereocenters. The van der Waals surface area contributed by atoms with E-state index in [0.717, 1.165) is 11.3 Å². The lowest BCUT2D eigenvalue weighted by Gasteiger charge is -2.23. The third-order valence-electron chi connectivity index (χ3n) is 2.31. The summed E-state index contributed by atoms with van der Waals surface area (Å²) in [6, 6.07) is 3.69. The number of hydrogen-bond donors (Lipinski definition) is 2. The average molecular weight is 205 g/mol. The fraction of sp³-hybridized carbons (Fsp3) is 0.400. The van der Waals surface area contributed by atoms with E-state index in [9.17, 15) is 4.79 Å². The average Bonchev–Trinajstić information content (AvgIpc) is 2.58. The fourth-order valence-electron chi connectivity index (χ4n) is 1.68. The van der Waals surface area contributed by atoms with Crippen molar-refractivity contribution in [3.8, 4) is 6.07 Å². The van der Waals surface area contributed by atoms with Gasteiger partial charge in [-0.1, -0.05) is 0 Å². The number of nitrogens with zero attached hydrogens (tertiary/aromatic N) is 1. The van der Waals surface area contributed by atoms with Crippen molar-refractivity contribution in [2.24, 2.45) is 0 Å². The molecule has 0 radical (unpaired) electrons. The van der Waals surface area contributed by atoms with Crippen LogP contribution in [0, 0.1) is 11.3 Å². The van der Waals surface area contributed by atoms with E-state index in [-0.39, 0.29) is 12.1 Å². The summed E-state index contributed by atoms with van der Waals surface area (Å²) in [6.45, 7) is 2.09. The highest BCUT2D eigenvalue weighted by Gasteiger charge is 2.22. The van der Waals surface area contributed by atoms with Gasteiger partial charge in [-0.15, -0.1) is 0 Å². The third kappa shape index (κ3) is 2.00. The van der Waals surface area contributed by atoms with E-state index in [0.29, 0.717) is 18.7 Å². The smallest absolute Gasteiger partial charge is 0.218 e. The van der Waals surface area contributed by atoms with E-state index >= 15 is 0 Å². The van der Waals surface area contributed by atoms with Gasteiger partial charge in [0.25, 0.3) is 0 Å². The molecule has 1 aliphatic rings. The van der Waals surface area contributed by atoms with Gasteiger partial charge in [0.15, 0.2) is 0 Å². The van der Waals surface area contributed by atoms with E-state index < -0.39 is 0 Å². The summed E-state index contributed by atoms with van der Waals surface area (Å²) in [6.07, 6.45) is 0.476. The molecular formula is C10H11N3O2. The second-order valence-corrected chi connectivity index (χ2v) is 3.51. The molecule has 0 saturated carbocycles. The van der Waals surface area contributed by atoms with Gasteiger partial charge in [0.2, 0.25) is 11.7 Å². The summed E-state index contributed by atoms with van der Waals surface area (Å²) in [5, 5.41) is 14.6. The number of hydrogen-bond acceptors (Lipinski definition) is 4. The molecule has 0 spiro atoms. The standard InChI is InChI=1S/C10H11N3O2/c1-6(14)13-10-3-9-7(5-12-10)2-8(4-11)15-9/h2,10,12H,3,5H2,1H3,(H,13,14). The van der Waals surface area contributed by atoms with Crippen LogP contribution in [0.15, 0.2) is 10.5 Å². The molecule has 5 nitrogen and oxygen atoms in total. The third-order valence-corrected chi connectivity index (χ3v) is 2.31. The van der Waals surface area contributed by atoms with E-state index in [2.05, 4.69) is 10.6 Å². The Labute approximate surface area is 87.1 Å². The molecule has 1 atom stereocenters. The molecule has 0 bridgehead atoms. The zero-order valence-electron chi connectivity index (χ0n) is 8.33. The molecule has 1 aromatic heterocycles. The van der Waals surface area contributed by atoms with Crippen molar-refractivity contribution in [2.75, 3.05) is 0 Å². The van der Waals surface area contributed by atoms with Gasteiger partial charge in [0.05, 0.1) is 6.17 Å². The van der Waals surface area contributed by atoms with Gasteiger partial charge >= 0.3 is 0 Å². The fourth-order valence-corrected chi connectivity index (χ4v) is 1.68. The summed E-state index contributed by atoms with van der Waals surface area (Å²) < 4.78 is 5.31. The molecule has 0 aromatic carbocycles. The van der Waals surface area contributed by atoms with E-state index in [1.54, 1.807) is 6.07 Å². The van der Waals surface area contributed by atoms with Crippen molar-refractivity contribution in [3.05, 3.63) is 23.2 Å². The van der Waals surface area contributed by atoms with Crippen molar-refractivity contribution in [1.29, 1.82) is 5.26 Å². The van der Waals surface area contributed by atoms with E-state index in [1.807, 2.05) is 6.07 Å². The number of fused-ring (bicyclic) bond motifs is 1. The van der Waals surface area contributed by atoms with Crippen LogP contribution in [0.25, 0.3) is 0 Å². The number of nitriles is 1. The van der Waals surface area contributed by atoms with Gasteiger partial charge in [-0.3, -0.25) is 10.1 Å². The summed E-state index contributed by atoms with van der Waals surface area (Å²) in [5.74, 6) is 1.03. The molecule has 2 rings (SSSR count). The minimum Gasteiger partial charge on any atom is -0.450 e. The van der Waals surface area contributed by atoms with Crippen LogP contribution in [-0.2, 0) is 17.8 Å². The van der Waals surface area contributed by atoms with E-state index in [4.69, 9.17) is 9.68 Å². The molecule has 0 aliphatic carbocycles. The first-order valence-electron chi connectivity index (χ1n) is 4.71. The van der Waals surface area contributed by atoms with Gasteiger partial charge in [0, 0.05) is 25.5 Å². The quantitative estimate of drug-likeness (QED) is 0.689. The first-order valence-corrected chi connectivity index (χ1v) is 4.71. The maximum atomic E-state index is 10.9. The number of carbonyl (C=O) groups is 1. The van der Waals surface area contributed by atoms with Crippen LogP contribution >= 0.6 is 0 Å². The molecule has 0 fully saturated rings. The van der Waals surface area contributed by atoms with Crippen molar-refractivity contribution in [2.45, 2.75) is 26.1 Å². The number of furan rings is 1. The summed E-state index contributed by atoms with van der Waals surface area (Å²) in [5.41, 5.74) is 0.994. The highest BCUT2D eigenvalue weighted by Crippen LogP contribution is 2.19. The summed E-state index contributed by atoms with van der Waals surface area (Å²) >= 11 is 0. The maximum Gasteiger partial charge on any atom is 0.218 e. The van der Waals surface area contributed by atoms with Crippen LogP contribution in [0.5, 0.6) is 0 Å². The SMILES string of the molecule is CC(=O)NC1Cc2oc(C#N)cc2CN1. The molecule has 15 heavy (non-hydrogen) atoms. The predicted molar refractivity (Wildman–Crippen MR) is 51.6 cm³/mol. The number of rotatable bonds is 1. The largest absolute Gasteiger partial charge is 0.450 e. The number of amides is 1. The topological polar surface area (TPSA) is 78.1 Å². The lowest BCUT2D eigenvalue weighted by Crippen LogP contribution is -2.47. The molecule has 78 valence electrons. The second-order valence-electron chi connectivity index (χ2n) is 3.51. The molecule has 5 heteroatoms. The lowest BCUT2D eigenvalue weighted by atomic mass is 10.1. The van der Waals surface area contributed by atoms with Crippen LogP contribution in [0.4, 0.5) is 0 Å². The summed E-state index contributed by atoms with van der Waals surface area (Å²) in [7, 11) is 0. The maximum absolute atomic E-state index is 10.9. The van der Waals surface area contributed by atoms with Crippen LogP contribution in [0.2, 0.25) is 0 Å². The van der Waals surface area contributed by atoms with Crippen molar-refractivity contribution in [1.82, 2.24) is 10.6 Å². The lowest BCUT2D eigenvalue weighted by molar-refractivity contribution is -0.119. The number of nitrogens with one attached hydrogen (secondary N) is 2. The molecule has 2 heterocycles. The number of carbonyl (C=O) groups excluding carboxylic acids is 1. The molecular weight excluding hydrogens is 194 g/mol. The van der Waals surface area contributed by atoms with Gasteiger partial charge in [-0.05, 0) is 6.07 Å². The second kappa shape index (κ2) is 3.75. The van der Waals surface area contributed by atoms with Crippen molar-refractivity contribution >= 4 is 5.91 Å². The monoisotopic (exact) mass is 205 g/mol. The van der Waals surface area contributed by atoms with Gasteiger partial charge < -0.3 is 9.73 Å². The zero-order valence-corrected chi connectivity index (χ0v) is 8.33. The Bertz CT molecular complexity index is 430. The Morgan fingerprint density at radius 2 is 2.60 bits per heavy atom. The highest BCUT2D eigenvalue weighted by atomic mass is 16.3.